The zero-order valence-electron chi connectivity index (χ0n) is 14.4. The van der Waals surface area contributed by atoms with E-state index in [1.54, 1.807) is 30.5 Å². The van der Waals surface area contributed by atoms with Crippen LogP contribution in [0.2, 0.25) is 5.02 Å². The molecule has 1 aliphatic rings. The van der Waals surface area contributed by atoms with Crippen LogP contribution in [0.3, 0.4) is 0 Å². The summed E-state index contributed by atoms with van der Waals surface area (Å²) in [6.07, 6.45) is 3.59. The molecule has 1 aromatic heterocycles. The van der Waals surface area contributed by atoms with Crippen LogP contribution in [0.5, 0.6) is 5.88 Å². The lowest BCUT2D eigenvalue weighted by Gasteiger charge is -2.07. The number of nitrogens with one attached hydrogen (secondary N) is 1. The number of rotatable bonds is 4. The molecule has 28 heavy (non-hydrogen) atoms. The minimum absolute atomic E-state index is 0.0356. The van der Waals surface area contributed by atoms with Gasteiger partial charge >= 0.3 is 0 Å². The van der Waals surface area contributed by atoms with E-state index in [2.05, 4.69) is 10.3 Å². The Balaban J connectivity index is 1.56. The molecule has 5 nitrogen and oxygen atoms in total. The van der Waals surface area contributed by atoms with Crippen molar-refractivity contribution in [1.29, 1.82) is 0 Å². The van der Waals surface area contributed by atoms with Crippen molar-refractivity contribution in [2.24, 2.45) is 4.99 Å². The first-order valence-electron chi connectivity index (χ1n) is 8.34. The van der Waals surface area contributed by atoms with Crippen molar-refractivity contribution >= 4 is 70.3 Å². The van der Waals surface area contributed by atoms with Crippen molar-refractivity contribution in [2.75, 3.05) is 5.32 Å². The van der Waals surface area contributed by atoms with Gasteiger partial charge in [-0.1, -0.05) is 29.8 Å². The number of fused-ring (bicyclic) bond motifs is 1. The zero-order chi connectivity index (χ0) is 19.7. The third-order valence-electron chi connectivity index (χ3n) is 4.17. The smallest absolute Gasteiger partial charge is 0.244 e. The topological polar surface area (TPSA) is 66.6 Å². The number of allylic oxidation sites excluding steroid dienone is 1. The maximum Gasteiger partial charge on any atom is 0.244 e. The van der Waals surface area contributed by atoms with Gasteiger partial charge in [0.15, 0.2) is 3.95 Å². The fourth-order valence-corrected chi connectivity index (χ4v) is 4.20. The minimum Gasteiger partial charge on any atom is -0.493 e. The average molecular weight is 428 g/mol. The lowest BCUT2D eigenvalue weighted by molar-refractivity contribution is -0.116. The van der Waals surface area contributed by atoms with Gasteiger partial charge in [0.05, 0.1) is 10.6 Å². The van der Waals surface area contributed by atoms with Crippen LogP contribution in [0.4, 0.5) is 11.4 Å². The second kappa shape index (κ2) is 7.71. The molecule has 8 heteroatoms. The van der Waals surface area contributed by atoms with Gasteiger partial charge in [0.1, 0.15) is 6.54 Å². The number of benzene rings is 2. The van der Waals surface area contributed by atoms with Crippen molar-refractivity contribution < 1.29 is 9.90 Å². The fourth-order valence-electron chi connectivity index (χ4n) is 2.82. The summed E-state index contributed by atoms with van der Waals surface area (Å²) in [6, 6.07) is 14.6. The standard InChI is InChI=1S/C20H14ClN3O2S2/c21-13-5-7-14(8-6-13)23-18(25)11-24-19(26)17(28-20(24)27)9-12-10-22-16-4-2-1-3-15(12)16/h1-10,26H,11H2,(H,23,25)/b12-9-. The maximum atomic E-state index is 12.3. The minimum atomic E-state index is -0.293. The highest BCUT2D eigenvalue weighted by atomic mass is 35.5. The van der Waals surface area contributed by atoms with E-state index < -0.39 is 0 Å². The molecule has 0 unspecified atom stereocenters. The summed E-state index contributed by atoms with van der Waals surface area (Å²) >= 11 is 12.4. The van der Waals surface area contributed by atoms with Gasteiger partial charge in [-0.05, 0) is 48.6 Å². The van der Waals surface area contributed by atoms with Crippen molar-refractivity contribution in [3.05, 3.63) is 67.9 Å². The molecule has 0 fully saturated rings. The Morgan fingerprint density at radius 1 is 1.25 bits per heavy atom. The molecule has 0 spiro atoms. The van der Waals surface area contributed by atoms with Crippen LogP contribution < -0.4 is 5.32 Å². The van der Waals surface area contributed by atoms with Crippen molar-refractivity contribution in [3.8, 4) is 5.88 Å². The molecule has 0 saturated heterocycles. The molecule has 0 saturated carbocycles. The summed E-state index contributed by atoms with van der Waals surface area (Å²) < 4.78 is 1.83. The van der Waals surface area contributed by atoms with Crippen molar-refractivity contribution in [1.82, 2.24) is 4.57 Å². The zero-order valence-corrected chi connectivity index (χ0v) is 16.8. The summed E-state index contributed by atoms with van der Waals surface area (Å²) in [5.74, 6) is -0.329. The number of aromatic nitrogens is 1. The number of amides is 1. The van der Waals surface area contributed by atoms with Crippen LogP contribution in [0.15, 0.2) is 53.5 Å². The van der Waals surface area contributed by atoms with Crippen LogP contribution in [-0.4, -0.2) is 21.8 Å². The quantitative estimate of drug-likeness (QED) is 0.537. The molecule has 0 atom stereocenters. The fraction of sp³-hybridized carbons (Fsp3) is 0.0500. The highest BCUT2D eigenvalue weighted by Crippen LogP contribution is 2.35. The van der Waals surface area contributed by atoms with Crippen molar-refractivity contribution in [3.63, 3.8) is 0 Å². The number of aliphatic imine (C=N–C) groups is 1. The van der Waals surface area contributed by atoms with Crippen LogP contribution in [0.1, 0.15) is 10.4 Å². The van der Waals surface area contributed by atoms with Gasteiger partial charge in [-0.25, -0.2) is 0 Å². The Morgan fingerprint density at radius 2 is 2.00 bits per heavy atom. The van der Waals surface area contributed by atoms with Gasteiger partial charge in [0, 0.05) is 28.1 Å². The third kappa shape index (κ3) is 3.77. The van der Waals surface area contributed by atoms with E-state index in [1.807, 2.05) is 30.3 Å². The van der Waals surface area contributed by atoms with Gasteiger partial charge < -0.3 is 10.4 Å². The highest BCUT2D eigenvalue weighted by Gasteiger charge is 2.16. The molecule has 0 aliphatic carbocycles. The molecule has 2 N–H and O–H groups in total. The average Bonchev–Trinajstić information content (AvgIpc) is 3.20. The normalized spacial score (nSPS) is 13.7. The Bertz CT molecular complexity index is 1180. The van der Waals surface area contributed by atoms with Crippen molar-refractivity contribution in [2.45, 2.75) is 6.54 Å². The Labute approximate surface area is 175 Å². The lowest BCUT2D eigenvalue weighted by atomic mass is 10.1. The van der Waals surface area contributed by atoms with Gasteiger partial charge in [-0.2, -0.15) is 0 Å². The molecule has 4 rings (SSSR count). The number of thiazole rings is 1. The van der Waals surface area contributed by atoms with Gasteiger partial charge in [-0.15, -0.1) is 11.3 Å². The van der Waals surface area contributed by atoms with Crippen LogP contribution in [0.25, 0.3) is 11.6 Å². The summed E-state index contributed by atoms with van der Waals surface area (Å²) in [7, 11) is 0. The van der Waals surface area contributed by atoms with Crippen LogP contribution in [0, 0.1) is 3.95 Å². The number of hydrogen-bond acceptors (Lipinski definition) is 5. The van der Waals surface area contributed by atoms with E-state index >= 15 is 0 Å². The van der Waals surface area contributed by atoms with Crippen LogP contribution >= 0.6 is 35.2 Å². The number of para-hydroxylation sites is 1. The Kier molecular flexibility index (Phi) is 5.13. The van der Waals surface area contributed by atoms with Crippen LogP contribution in [-0.2, 0) is 11.3 Å². The molecular formula is C20H14ClN3O2S2. The largest absolute Gasteiger partial charge is 0.493 e. The van der Waals surface area contributed by atoms with Gasteiger partial charge in [0.2, 0.25) is 11.8 Å². The second-order valence-electron chi connectivity index (χ2n) is 6.07. The number of carbonyl (C=O) groups excluding carboxylic acids is 1. The summed E-state index contributed by atoms with van der Waals surface area (Å²) in [5, 5.41) is 13.9. The molecular weight excluding hydrogens is 414 g/mol. The third-order valence-corrected chi connectivity index (χ3v) is 5.81. The molecule has 3 aromatic rings. The number of hydrogen-bond donors (Lipinski definition) is 2. The summed E-state index contributed by atoms with van der Waals surface area (Å²) in [4.78, 5) is 17.3. The number of aromatic hydroxyl groups is 1. The Morgan fingerprint density at radius 3 is 2.79 bits per heavy atom. The first-order valence-corrected chi connectivity index (χ1v) is 9.95. The van der Waals surface area contributed by atoms with Gasteiger partial charge in [-0.3, -0.25) is 14.4 Å². The predicted octanol–water partition coefficient (Wildman–Crippen LogP) is 5.53. The molecule has 1 aliphatic heterocycles. The Hall–Kier alpha value is -2.74. The molecule has 0 bridgehead atoms. The monoisotopic (exact) mass is 427 g/mol. The van der Waals surface area contributed by atoms with Gasteiger partial charge in [0.25, 0.3) is 0 Å². The first kappa shape index (κ1) is 18.6. The number of nitrogens with zero attached hydrogens (tertiary/aromatic N) is 2. The molecule has 0 radical (unpaired) electrons. The molecule has 2 heterocycles. The predicted molar refractivity (Wildman–Crippen MR) is 117 cm³/mol. The second-order valence-corrected chi connectivity index (χ2v) is 8.18. The van der Waals surface area contributed by atoms with E-state index in [-0.39, 0.29) is 18.3 Å². The van der Waals surface area contributed by atoms with E-state index in [0.717, 1.165) is 16.8 Å². The number of halogens is 1. The first-order chi connectivity index (χ1) is 13.5. The number of anilines is 1. The van der Waals surface area contributed by atoms with E-state index in [4.69, 9.17) is 23.8 Å². The highest BCUT2D eigenvalue weighted by molar-refractivity contribution is 7.73. The maximum absolute atomic E-state index is 12.3. The molecule has 2 aromatic carbocycles. The van der Waals surface area contributed by atoms with E-state index in [0.29, 0.717) is 19.5 Å². The number of carbonyl (C=O) groups is 1. The summed E-state index contributed by atoms with van der Waals surface area (Å²) in [5.41, 5.74) is 3.39. The SMILES string of the molecule is O=C(Cn1c(O)c(/C=C2/C=Nc3ccccc32)sc1=S)Nc1ccc(Cl)cc1. The van der Waals surface area contributed by atoms with E-state index in [9.17, 15) is 9.90 Å². The molecule has 1 amide bonds. The molecule has 140 valence electrons. The summed E-state index contributed by atoms with van der Waals surface area (Å²) in [6.45, 7) is -0.0857. The lowest BCUT2D eigenvalue weighted by Crippen LogP contribution is -2.18. The van der Waals surface area contributed by atoms with E-state index in [1.165, 1.54) is 15.9 Å².